The van der Waals surface area contributed by atoms with Crippen LogP contribution in [0, 0.1) is 0 Å². The van der Waals surface area contributed by atoms with E-state index in [-0.39, 0.29) is 10.8 Å². The fraction of sp³-hybridized carbons (Fsp3) is 0.0625. The normalized spacial score (nSPS) is 13.9. The van der Waals surface area contributed by atoms with E-state index in [4.69, 9.17) is 0 Å². The molecule has 0 saturated heterocycles. The highest BCUT2D eigenvalue weighted by atomic mass is 15.1. The van der Waals surface area contributed by atoms with Crippen LogP contribution in [0.3, 0.4) is 0 Å². The van der Waals surface area contributed by atoms with Crippen molar-refractivity contribution < 1.29 is 0 Å². The molecule has 3 aliphatic rings. The van der Waals surface area contributed by atoms with Crippen molar-refractivity contribution >= 4 is 17.1 Å². The Kier molecular flexibility index (Phi) is 8.24. The molecule has 65 heavy (non-hydrogen) atoms. The second-order valence-electron chi connectivity index (χ2n) is 18.4. The Balaban J connectivity index is 0.990. The van der Waals surface area contributed by atoms with Crippen LogP contribution < -0.4 is 4.90 Å². The molecule has 0 amide bonds. The molecule has 306 valence electrons. The van der Waals surface area contributed by atoms with Crippen molar-refractivity contribution in [1.29, 1.82) is 0 Å². The zero-order valence-corrected chi connectivity index (χ0v) is 36.5. The summed E-state index contributed by atoms with van der Waals surface area (Å²) in [4.78, 5) is 2.48. The number of fused-ring (bicyclic) bond motifs is 13. The van der Waals surface area contributed by atoms with Gasteiger partial charge in [-0.2, -0.15) is 0 Å². The Morgan fingerprint density at radius 2 is 0.615 bits per heavy atom. The van der Waals surface area contributed by atoms with Crippen LogP contribution in [0.5, 0.6) is 0 Å². The topological polar surface area (TPSA) is 3.24 Å². The van der Waals surface area contributed by atoms with Gasteiger partial charge in [-0.3, -0.25) is 0 Å². The van der Waals surface area contributed by atoms with Crippen LogP contribution in [0.4, 0.5) is 17.1 Å². The lowest BCUT2D eigenvalue weighted by Gasteiger charge is -2.31. The Morgan fingerprint density at radius 1 is 0.246 bits per heavy atom. The first-order valence-electron chi connectivity index (χ1n) is 22.8. The second-order valence-corrected chi connectivity index (χ2v) is 18.4. The zero-order valence-electron chi connectivity index (χ0n) is 36.5. The molecule has 1 spiro atoms. The predicted molar refractivity (Wildman–Crippen MR) is 271 cm³/mol. The Hall–Kier alpha value is -8.00. The minimum atomic E-state index is -0.389. The van der Waals surface area contributed by atoms with Crippen LogP contribution in [0.2, 0.25) is 0 Å². The van der Waals surface area contributed by atoms with Crippen molar-refractivity contribution in [2.24, 2.45) is 0 Å². The van der Waals surface area contributed by atoms with E-state index in [1.807, 2.05) is 0 Å². The number of rotatable bonds is 6. The molecular formula is C64H45N. The molecule has 0 heterocycles. The molecule has 0 N–H and O–H groups in total. The lowest BCUT2D eigenvalue weighted by molar-refractivity contribution is 0.660. The molecule has 10 aromatic rings. The van der Waals surface area contributed by atoms with E-state index < -0.39 is 0 Å². The Labute approximate surface area is 381 Å². The van der Waals surface area contributed by atoms with Crippen LogP contribution in [0.25, 0.3) is 66.8 Å². The average Bonchev–Trinajstić information content (AvgIpc) is 3.93. The first-order valence-corrected chi connectivity index (χ1v) is 22.8. The Morgan fingerprint density at radius 3 is 1.15 bits per heavy atom. The van der Waals surface area contributed by atoms with Crippen LogP contribution in [-0.4, -0.2) is 0 Å². The van der Waals surface area contributed by atoms with Gasteiger partial charge in [0.2, 0.25) is 0 Å². The number of benzene rings is 10. The number of hydrogen-bond acceptors (Lipinski definition) is 1. The number of hydrogen-bond donors (Lipinski definition) is 0. The van der Waals surface area contributed by atoms with Gasteiger partial charge in [0, 0.05) is 22.5 Å². The van der Waals surface area contributed by atoms with Crippen molar-refractivity contribution in [2.75, 3.05) is 4.90 Å². The van der Waals surface area contributed by atoms with Gasteiger partial charge in [0.15, 0.2) is 0 Å². The van der Waals surface area contributed by atoms with E-state index in [0.717, 1.165) is 17.1 Å². The third-order valence-corrected chi connectivity index (χ3v) is 14.7. The molecule has 0 aromatic heterocycles. The van der Waals surface area contributed by atoms with Gasteiger partial charge in [0.25, 0.3) is 0 Å². The Bertz CT molecular complexity index is 3400. The fourth-order valence-electron chi connectivity index (χ4n) is 11.7. The number of anilines is 3. The van der Waals surface area contributed by atoms with Gasteiger partial charge in [-0.05, 0) is 155 Å². The van der Waals surface area contributed by atoms with E-state index in [2.05, 4.69) is 255 Å². The van der Waals surface area contributed by atoms with E-state index in [1.54, 1.807) is 0 Å². The maximum absolute atomic E-state index is 2.48. The quantitative estimate of drug-likeness (QED) is 0.161. The van der Waals surface area contributed by atoms with Gasteiger partial charge in [-0.1, -0.05) is 196 Å². The highest BCUT2D eigenvalue weighted by Crippen LogP contribution is 2.63. The smallest absolute Gasteiger partial charge is 0.0725 e. The van der Waals surface area contributed by atoms with Crippen LogP contribution in [-0.2, 0) is 10.8 Å². The number of nitrogens with zero attached hydrogens (tertiary/aromatic N) is 1. The molecule has 10 aromatic carbocycles. The third-order valence-electron chi connectivity index (χ3n) is 14.7. The van der Waals surface area contributed by atoms with E-state index in [9.17, 15) is 0 Å². The molecule has 3 aliphatic carbocycles. The van der Waals surface area contributed by atoms with Crippen molar-refractivity contribution in [3.05, 3.63) is 270 Å². The lowest BCUT2D eigenvalue weighted by atomic mass is 9.70. The van der Waals surface area contributed by atoms with Gasteiger partial charge < -0.3 is 4.90 Å². The van der Waals surface area contributed by atoms with E-state index in [1.165, 1.54) is 100 Å². The molecule has 13 rings (SSSR count). The first kappa shape index (κ1) is 37.5. The third kappa shape index (κ3) is 5.52. The molecule has 0 radical (unpaired) electrons. The summed E-state index contributed by atoms with van der Waals surface area (Å²) in [5, 5.41) is 0. The van der Waals surface area contributed by atoms with Crippen molar-refractivity contribution in [2.45, 2.75) is 24.7 Å². The van der Waals surface area contributed by atoms with Crippen LogP contribution >= 0.6 is 0 Å². The van der Waals surface area contributed by atoms with Gasteiger partial charge in [0.1, 0.15) is 0 Å². The lowest BCUT2D eigenvalue weighted by Crippen LogP contribution is -2.25. The first-order chi connectivity index (χ1) is 32.0. The summed E-state index contributed by atoms with van der Waals surface area (Å²) in [6.45, 7) is 4.74. The SMILES string of the molecule is CC1(C)c2ccccc2-c2ccc(N(c3ccc(-c4cc(-c5ccccc5)cc(-c5ccccc5)c4)cc3)c3ccc4c(c3)-c3ccccc3C43c4ccccc4-c4ccccc43)cc21. The van der Waals surface area contributed by atoms with Crippen molar-refractivity contribution in [1.82, 2.24) is 0 Å². The summed E-state index contributed by atoms with van der Waals surface area (Å²) < 4.78 is 0. The molecule has 0 bridgehead atoms. The minimum absolute atomic E-state index is 0.135. The standard InChI is InChI=1S/C64H45N/c1-63(2)57-25-13-9-21-51(57)55-35-33-50(41-62(55)63)65(48-31-29-44(30-32-48)47-38-45(42-17-5-3-6-18-42)37-46(39-47)43-19-7-4-8-20-43)49-34-36-61-56(40-49)54-24-12-16-28-60(54)64(61)58-26-14-10-22-52(58)53-23-11-15-27-59(53)64/h3-41H,1-2H3. The maximum Gasteiger partial charge on any atom is 0.0725 e. The summed E-state index contributed by atoms with van der Waals surface area (Å²) in [5.74, 6) is 0. The predicted octanol–water partition coefficient (Wildman–Crippen LogP) is 16.8. The van der Waals surface area contributed by atoms with E-state index >= 15 is 0 Å². The van der Waals surface area contributed by atoms with Gasteiger partial charge in [-0.15, -0.1) is 0 Å². The highest BCUT2D eigenvalue weighted by molar-refractivity contribution is 5.97. The summed E-state index contributed by atoms with van der Waals surface area (Å²) in [7, 11) is 0. The zero-order chi connectivity index (χ0) is 43.3. The van der Waals surface area contributed by atoms with Crippen LogP contribution in [0.1, 0.15) is 47.2 Å². The molecule has 0 unspecified atom stereocenters. The van der Waals surface area contributed by atoms with Gasteiger partial charge in [0.05, 0.1) is 5.41 Å². The van der Waals surface area contributed by atoms with Gasteiger partial charge >= 0.3 is 0 Å². The average molecular weight is 828 g/mol. The molecule has 0 fully saturated rings. The molecule has 0 atom stereocenters. The van der Waals surface area contributed by atoms with E-state index in [0.29, 0.717) is 0 Å². The highest BCUT2D eigenvalue weighted by Gasteiger charge is 2.51. The minimum Gasteiger partial charge on any atom is -0.310 e. The summed E-state index contributed by atoms with van der Waals surface area (Å²) in [5.41, 5.74) is 26.1. The molecular weight excluding hydrogens is 783 g/mol. The molecule has 0 aliphatic heterocycles. The maximum atomic E-state index is 2.48. The van der Waals surface area contributed by atoms with Crippen LogP contribution in [0.15, 0.2) is 237 Å². The monoisotopic (exact) mass is 827 g/mol. The largest absolute Gasteiger partial charge is 0.310 e. The molecule has 1 nitrogen and oxygen atoms in total. The summed E-state index contributed by atoms with van der Waals surface area (Å²) in [6, 6.07) is 88.2. The summed E-state index contributed by atoms with van der Waals surface area (Å²) in [6.07, 6.45) is 0. The second kappa shape index (κ2) is 14.3. The van der Waals surface area contributed by atoms with Crippen molar-refractivity contribution in [3.63, 3.8) is 0 Å². The fourth-order valence-corrected chi connectivity index (χ4v) is 11.7. The summed E-state index contributed by atoms with van der Waals surface area (Å²) >= 11 is 0. The van der Waals surface area contributed by atoms with Gasteiger partial charge in [-0.25, -0.2) is 0 Å². The molecule has 1 heteroatoms. The molecule has 0 saturated carbocycles. The van der Waals surface area contributed by atoms with Crippen molar-refractivity contribution in [3.8, 4) is 66.8 Å².